The van der Waals surface area contributed by atoms with E-state index in [1.165, 1.54) is 0 Å². The van der Waals surface area contributed by atoms with Gasteiger partial charge in [-0.2, -0.15) is 78.9 Å². The van der Waals surface area contributed by atoms with Crippen molar-refractivity contribution in [3.05, 3.63) is 0 Å². The predicted octanol–water partition coefficient (Wildman–Crippen LogP) is 5.26. The number of sulfonamides is 1. The first-order valence-corrected chi connectivity index (χ1v) is 10.9. The van der Waals surface area contributed by atoms with Crippen LogP contribution in [-0.2, 0) is 14.8 Å². The Morgan fingerprint density at radius 1 is 0.684 bits per heavy atom. The van der Waals surface area contributed by atoms with E-state index < -0.39 is 94.8 Å². The maximum atomic E-state index is 13.9. The van der Waals surface area contributed by atoms with Gasteiger partial charge < -0.3 is 5.11 Å². The molecular formula is C15H12F17NO4S. The molecule has 1 heterocycles. The first-order valence-electron chi connectivity index (χ1n) is 9.32. The zero-order valence-electron chi connectivity index (χ0n) is 17.6. The third-order valence-electron chi connectivity index (χ3n) is 5.31. The van der Waals surface area contributed by atoms with E-state index in [0.29, 0.717) is 0 Å². The predicted molar refractivity (Wildman–Crippen MR) is 86.5 cm³/mol. The molecule has 0 aliphatic carbocycles. The fraction of sp³-hybridized carbons (Fsp3) is 0.933. The second-order valence-electron chi connectivity index (χ2n) is 7.82. The van der Waals surface area contributed by atoms with Crippen LogP contribution >= 0.6 is 0 Å². The average molecular weight is 625 g/mol. The van der Waals surface area contributed by atoms with Gasteiger partial charge in [0.2, 0.25) is 10.0 Å². The molecule has 23 heteroatoms. The molecule has 1 N–H and O–H groups in total. The van der Waals surface area contributed by atoms with E-state index >= 15 is 0 Å². The topological polar surface area (TPSA) is 74.7 Å². The van der Waals surface area contributed by atoms with E-state index in [1.807, 2.05) is 0 Å². The van der Waals surface area contributed by atoms with Crippen LogP contribution in [0.4, 0.5) is 74.6 Å². The zero-order valence-corrected chi connectivity index (χ0v) is 18.4. The van der Waals surface area contributed by atoms with Crippen molar-refractivity contribution >= 4 is 16.0 Å². The molecule has 0 aromatic heterocycles. The van der Waals surface area contributed by atoms with Gasteiger partial charge in [-0.3, -0.25) is 4.79 Å². The second kappa shape index (κ2) is 9.39. The number of aliphatic carboxylic acids is 1. The highest BCUT2D eigenvalue weighted by Gasteiger charge is 2.95. The normalized spacial score (nSPS) is 20.2. The van der Waals surface area contributed by atoms with Gasteiger partial charge in [0.05, 0.1) is 5.75 Å². The molecule has 1 saturated heterocycles. The summed E-state index contributed by atoms with van der Waals surface area (Å²) in [4.78, 5) is 11.0. The summed E-state index contributed by atoms with van der Waals surface area (Å²) in [6.45, 7) is -0.746. The average Bonchev–Trinajstić information content (AvgIpc) is 3.22. The number of hydrogen-bond donors (Lipinski definition) is 1. The molecule has 0 aromatic carbocycles. The SMILES string of the molecule is O=C(O)C1CCCN1S(=O)(=O)CCC(F)(F)C(F)(F)C(F)(F)C(F)(F)C(F)(F)C(F)(F)C(F)(F)C(F)(F)F. The molecule has 1 unspecified atom stereocenters. The standard InChI is InChI=1S/C15H12F17NO4S/c16-8(17,3-5-38(36,37)33-4-1-2-6(33)7(34)35)9(18,19)10(20,21)11(22,23)12(24,25)13(26,27)14(28,29)15(30,31)32/h6H,1-5H2,(H,34,35). The molecule has 1 aliphatic rings. The van der Waals surface area contributed by atoms with Crippen LogP contribution in [0.2, 0.25) is 0 Å². The highest BCUT2D eigenvalue weighted by atomic mass is 32.2. The van der Waals surface area contributed by atoms with E-state index in [4.69, 9.17) is 5.11 Å². The lowest BCUT2D eigenvalue weighted by Crippen LogP contribution is -2.74. The van der Waals surface area contributed by atoms with Crippen molar-refractivity contribution in [1.29, 1.82) is 0 Å². The summed E-state index contributed by atoms with van der Waals surface area (Å²) in [7, 11) is -5.40. The van der Waals surface area contributed by atoms with Crippen molar-refractivity contribution in [2.75, 3.05) is 12.3 Å². The molecular weight excluding hydrogens is 613 g/mol. The second-order valence-corrected chi connectivity index (χ2v) is 9.86. The Balaban J connectivity index is 3.44. The van der Waals surface area contributed by atoms with Crippen molar-refractivity contribution < 1.29 is 93.0 Å². The number of hydrogen-bond acceptors (Lipinski definition) is 3. The van der Waals surface area contributed by atoms with Crippen LogP contribution in [0.1, 0.15) is 19.3 Å². The molecule has 226 valence electrons. The van der Waals surface area contributed by atoms with Gasteiger partial charge in [-0.25, -0.2) is 8.42 Å². The number of alkyl halides is 17. The molecule has 0 radical (unpaired) electrons. The van der Waals surface area contributed by atoms with E-state index in [0.717, 1.165) is 0 Å². The fourth-order valence-electron chi connectivity index (χ4n) is 3.05. The quantitative estimate of drug-likeness (QED) is 0.318. The lowest BCUT2D eigenvalue weighted by Gasteiger charge is -2.42. The van der Waals surface area contributed by atoms with Crippen LogP contribution < -0.4 is 0 Å². The lowest BCUT2D eigenvalue weighted by molar-refractivity contribution is -0.461. The Kier molecular flexibility index (Phi) is 8.45. The minimum absolute atomic E-state index is 0.0930. The first-order chi connectivity index (χ1) is 16.4. The summed E-state index contributed by atoms with van der Waals surface area (Å²) in [6.07, 6.45) is -11.8. The summed E-state index contributed by atoms with van der Waals surface area (Å²) in [5, 5.41) is 8.84. The molecule has 5 nitrogen and oxygen atoms in total. The smallest absolute Gasteiger partial charge is 0.460 e. The minimum atomic E-state index is -8.78. The summed E-state index contributed by atoms with van der Waals surface area (Å²) in [5.74, 6) is -62.2. The van der Waals surface area contributed by atoms with Crippen LogP contribution in [0.25, 0.3) is 0 Å². The number of carbonyl (C=O) groups is 1. The van der Waals surface area contributed by atoms with Crippen molar-refractivity contribution in [2.45, 2.75) is 72.9 Å². The zero-order chi connectivity index (χ0) is 30.8. The number of halogens is 17. The monoisotopic (exact) mass is 625 g/mol. The lowest BCUT2D eigenvalue weighted by atomic mass is 9.88. The number of nitrogens with zero attached hydrogens (tertiary/aromatic N) is 1. The summed E-state index contributed by atoms with van der Waals surface area (Å²) < 4.78 is 249. The molecule has 1 aliphatic heterocycles. The van der Waals surface area contributed by atoms with Gasteiger partial charge in [0.15, 0.2) is 0 Å². The van der Waals surface area contributed by atoms with Crippen LogP contribution in [-0.4, -0.2) is 89.8 Å². The van der Waals surface area contributed by atoms with Crippen molar-refractivity contribution in [2.24, 2.45) is 0 Å². The van der Waals surface area contributed by atoms with Crippen LogP contribution in [0, 0.1) is 0 Å². The molecule has 0 bridgehead atoms. The number of rotatable bonds is 11. The molecule has 0 amide bonds. The molecule has 0 saturated carbocycles. The summed E-state index contributed by atoms with van der Waals surface area (Å²) in [6, 6.07) is -1.98. The Bertz CT molecular complexity index is 1010. The fourth-order valence-corrected chi connectivity index (χ4v) is 4.79. The Morgan fingerprint density at radius 3 is 1.42 bits per heavy atom. The van der Waals surface area contributed by atoms with Gasteiger partial charge in [-0.05, 0) is 12.8 Å². The van der Waals surface area contributed by atoms with Crippen LogP contribution in [0.5, 0.6) is 0 Å². The van der Waals surface area contributed by atoms with Crippen molar-refractivity contribution in [3.63, 3.8) is 0 Å². The van der Waals surface area contributed by atoms with Crippen molar-refractivity contribution in [1.82, 2.24) is 4.31 Å². The van der Waals surface area contributed by atoms with Crippen molar-refractivity contribution in [3.8, 4) is 0 Å². The van der Waals surface area contributed by atoms with Gasteiger partial charge in [0, 0.05) is 13.0 Å². The maximum Gasteiger partial charge on any atom is 0.460 e. The van der Waals surface area contributed by atoms with E-state index in [-0.39, 0.29) is 10.7 Å². The van der Waals surface area contributed by atoms with Crippen LogP contribution in [0.3, 0.4) is 0 Å². The van der Waals surface area contributed by atoms with Gasteiger partial charge in [0.1, 0.15) is 6.04 Å². The summed E-state index contributed by atoms with van der Waals surface area (Å²) >= 11 is 0. The molecule has 1 atom stereocenters. The molecule has 0 spiro atoms. The Morgan fingerprint density at radius 2 is 1.05 bits per heavy atom. The molecule has 38 heavy (non-hydrogen) atoms. The van der Waals surface area contributed by atoms with E-state index in [1.54, 1.807) is 0 Å². The van der Waals surface area contributed by atoms with E-state index in [9.17, 15) is 87.8 Å². The van der Waals surface area contributed by atoms with Crippen LogP contribution in [0.15, 0.2) is 0 Å². The Labute approximate surface area is 199 Å². The first kappa shape index (κ1) is 34.2. The number of carboxylic acids is 1. The highest BCUT2D eigenvalue weighted by molar-refractivity contribution is 7.89. The minimum Gasteiger partial charge on any atom is -0.480 e. The largest absolute Gasteiger partial charge is 0.480 e. The van der Waals surface area contributed by atoms with Gasteiger partial charge >= 0.3 is 53.6 Å². The molecule has 1 fully saturated rings. The van der Waals surface area contributed by atoms with E-state index in [2.05, 4.69) is 0 Å². The highest BCUT2D eigenvalue weighted by Crippen LogP contribution is 2.64. The summed E-state index contributed by atoms with van der Waals surface area (Å²) in [5.41, 5.74) is 0. The Hall–Kier alpha value is -1.81. The molecule has 0 aromatic rings. The van der Waals surface area contributed by atoms with Gasteiger partial charge in [0.25, 0.3) is 0 Å². The van der Waals surface area contributed by atoms with Gasteiger partial charge in [-0.1, -0.05) is 0 Å². The number of carboxylic acid groups (broad SMARTS) is 1. The maximum absolute atomic E-state index is 13.9. The molecule has 1 rings (SSSR count). The van der Waals surface area contributed by atoms with Gasteiger partial charge in [-0.15, -0.1) is 0 Å². The third kappa shape index (κ3) is 4.84. The third-order valence-corrected chi connectivity index (χ3v) is 7.18.